The Kier molecular flexibility index (Phi) is 3.30. The van der Waals surface area contributed by atoms with Crippen LogP contribution in [-0.4, -0.2) is 4.98 Å². The van der Waals surface area contributed by atoms with E-state index in [9.17, 15) is 0 Å². The van der Waals surface area contributed by atoms with Crippen LogP contribution >= 0.6 is 11.6 Å². The molecule has 0 unspecified atom stereocenters. The lowest BCUT2D eigenvalue weighted by Gasteiger charge is -2.09. The molecule has 1 aliphatic carbocycles. The van der Waals surface area contributed by atoms with Gasteiger partial charge in [0.25, 0.3) is 0 Å². The van der Waals surface area contributed by atoms with Crippen molar-refractivity contribution in [2.75, 3.05) is 5.73 Å². The predicted octanol–water partition coefficient (Wildman–Crippen LogP) is 3.38. The van der Waals surface area contributed by atoms with Crippen LogP contribution in [0.5, 0.6) is 5.75 Å². The number of nitrogens with two attached hydrogens (primary N) is 1. The van der Waals surface area contributed by atoms with Crippen molar-refractivity contribution in [2.24, 2.45) is 0 Å². The molecule has 0 aliphatic heterocycles. The molecular formula is C15H15ClN2O. The number of fused-ring (bicyclic) bond motifs is 1. The van der Waals surface area contributed by atoms with E-state index in [1.807, 2.05) is 6.07 Å². The van der Waals surface area contributed by atoms with E-state index < -0.39 is 0 Å². The Balaban J connectivity index is 1.74. The van der Waals surface area contributed by atoms with Crippen molar-refractivity contribution in [2.45, 2.75) is 25.9 Å². The molecule has 2 aromatic rings. The monoisotopic (exact) mass is 274 g/mol. The van der Waals surface area contributed by atoms with Crippen LogP contribution in [0.3, 0.4) is 0 Å². The maximum atomic E-state index is 6.06. The molecule has 98 valence electrons. The SMILES string of the molecule is Nc1ccc(Cl)c(COc2ccc3c(c2)CCC3)n1. The lowest BCUT2D eigenvalue weighted by atomic mass is 10.1. The van der Waals surface area contributed by atoms with Crippen LogP contribution in [0.4, 0.5) is 5.82 Å². The minimum Gasteiger partial charge on any atom is -0.487 e. The summed E-state index contributed by atoms with van der Waals surface area (Å²) in [7, 11) is 0. The van der Waals surface area contributed by atoms with Crippen molar-refractivity contribution in [1.29, 1.82) is 0 Å². The van der Waals surface area contributed by atoms with Gasteiger partial charge in [-0.1, -0.05) is 17.7 Å². The highest BCUT2D eigenvalue weighted by Gasteiger charge is 2.11. The fourth-order valence-electron chi connectivity index (χ4n) is 2.39. The van der Waals surface area contributed by atoms with Crippen molar-refractivity contribution >= 4 is 17.4 Å². The van der Waals surface area contributed by atoms with Gasteiger partial charge in [-0.3, -0.25) is 0 Å². The summed E-state index contributed by atoms with van der Waals surface area (Å²) < 4.78 is 5.75. The summed E-state index contributed by atoms with van der Waals surface area (Å²) in [6.07, 6.45) is 3.56. The van der Waals surface area contributed by atoms with Crippen molar-refractivity contribution in [3.63, 3.8) is 0 Å². The normalized spacial score (nSPS) is 13.3. The van der Waals surface area contributed by atoms with Crippen molar-refractivity contribution in [3.8, 4) is 5.75 Å². The first-order valence-corrected chi connectivity index (χ1v) is 6.76. The van der Waals surface area contributed by atoms with Gasteiger partial charge in [0.1, 0.15) is 18.2 Å². The molecule has 1 heterocycles. The van der Waals surface area contributed by atoms with Gasteiger partial charge >= 0.3 is 0 Å². The zero-order chi connectivity index (χ0) is 13.2. The molecule has 0 radical (unpaired) electrons. The molecule has 0 atom stereocenters. The summed E-state index contributed by atoms with van der Waals surface area (Å²) in [5, 5.41) is 0.579. The Morgan fingerprint density at radius 3 is 2.89 bits per heavy atom. The second kappa shape index (κ2) is 5.10. The molecule has 1 aliphatic rings. The number of ether oxygens (including phenoxy) is 1. The summed E-state index contributed by atoms with van der Waals surface area (Å²) >= 11 is 6.06. The van der Waals surface area contributed by atoms with Crippen molar-refractivity contribution in [3.05, 3.63) is 52.2 Å². The molecule has 4 heteroatoms. The lowest BCUT2D eigenvalue weighted by molar-refractivity contribution is 0.301. The van der Waals surface area contributed by atoms with Gasteiger partial charge in [0.2, 0.25) is 0 Å². The number of hydrogen-bond acceptors (Lipinski definition) is 3. The highest BCUT2D eigenvalue weighted by molar-refractivity contribution is 6.31. The van der Waals surface area contributed by atoms with E-state index in [2.05, 4.69) is 17.1 Å². The molecule has 0 saturated carbocycles. The van der Waals surface area contributed by atoms with E-state index in [0.29, 0.717) is 23.1 Å². The Labute approximate surface area is 117 Å². The summed E-state index contributed by atoms with van der Waals surface area (Å²) in [6, 6.07) is 9.69. The Hall–Kier alpha value is -1.74. The molecule has 1 aromatic heterocycles. The van der Waals surface area contributed by atoms with Crippen LogP contribution in [0.25, 0.3) is 0 Å². The Morgan fingerprint density at radius 1 is 1.16 bits per heavy atom. The van der Waals surface area contributed by atoms with Gasteiger partial charge in [-0.2, -0.15) is 0 Å². The van der Waals surface area contributed by atoms with Gasteiger partial charge in [-0.25, -0.2) is 4.98 Å². The fraction of sp³-hybridized carbons (Fsp3) is 0.267. The number of nitrogen functional groups attached to an aromatic ring is 1. The molecule has 3 nitrogen and oxygen atoms in total. The zero-order valence-corrected chi connectivity index (χ0v) is 11.3. The highest BCUT2D eigenvalue weighted by atomic mass is 35.5. The van der Waals surface area contributed by atoms with Gasteiger partial charge in [-0.05, 0) is 54.7 Å². The number of aryl methyl sites for hydroxylation is 2. The third-order valence-electron chi connectivity index (χ3n) is 3.39. The molecule has 0 fully saturated rings. The van der Waals surface area contributed by atoms with E-state index in [4.69, 9.17) is 22.1 Å². The minimum absolute atomic E-state index is 0.336. The largest absolute Gasteiger partial charge is 0.487 e. The lowest BCUT2D eigenvalue weighted by Crippen LogP contribution is -2.02. The number of halogens is 1. The molecule has 2 N–H and O–H groups in total. The van der Waals surface area contributed by atoms with E-state index in [-0.39, 0.29) is 0 Å². The average Bonchev–Trinajstić information content (AvgIpc) is 2.87. The van der Waals surface area contributed by atoms with Crippen molar-refractivity contribution < 1.29 is 4.74 Å². The zero-order valence-electron chi connectivity index (χ0n) is 10.5. The molecule has 0 bridgehead atoms. The smallest absolute Gasteiger partial charge is 0.132 e. The molecule has 0 amide bonds. The van der Waals surface area contributed by atoms with Crippen LogP contribution in [0.2, 0.25) is 5.02 Å². The number of anilines is 1. The van der Waals surface area contributed by atoms with E-state index >= 15 is 0 Å². The molecule has 19 heavy (non-hydrogen) atoms. The average molecular weight is 275 g/mol. The van der Waals surface area contributed by atoms with Crippen LogP contribution in [0.1, 0.15) is 23.2 Å². The first-order valence-electron chi connectivity index (χ1n) is 6.38. The van der Waals surface area contributed by atoms with Crippen LogP contribution in [0, 0.1) is 0 Å². The number of rotatable bonds is 3. The maximum Gasteiger partial charge on any atom is 0.132 e. The first-order chi connectivity index (χ1) is 9.22. The van der Waals surface area contributed by atoms with E-state index in [1.54, 1.807) is 12.1 Å². The van der Waals surface area contributed by atoms with Crippen LogP contribution < -0.4 is 10.5 Å². The molecule has 0 saturated heterocycles. The molecule has 1 aromatic carbocycles. The third kappa shape index (κ3) is 2.66. The molecule has 3 rings (SSSR count). The molecule has 0 spiro atoms. The standard InChI is InChI=1S/C15H15ClN2O/c16-13-6-7-15(17)18-14(13)9-19-12-5-4-10-2-1-3-11(10)8-12/h4-8H,1-3,9H2,(H2,17,18). The number of aromatic nitrogens is 1. The number of nitrogens with zero attached hydrogens (tertiary/aromatic N) is 1. The van der Waals surface area contributed by atoms with Crippen LogP contribution in [0.15, 0.2) is 30.3 Å². The summed E-state index contributed by atoms with van der Waals surface area (Å²) in [5.74, 6) is 1.32. The summed E-state index contributed by atoms with van der Waals surface area (Å²) in [6.45, 7) is 0.336. The Morgan fingerprint density at radius 2 is 2.00 bits per heavy atom. The third-order valence-corrected chi connectivity index (χ3v) is 3.73. The molecular weight excluding hydrogens is 260 g/mol. The number of hydrogen-bond donors (Lipinski definition) is 1. The summed E-state index contributed by atoms with van der Waals surface area (Å²) in [4.78, 5) is 4.18. The van der Waals surface area contributed by atoms with Gasteiger partial charge < -0.3 is 10.5 Å². The van der Waals surface area contributed by atoms with E-state index in [1.165, 1.54) is 24.0 Å². The fourth-order valence-corrected chi connectivity index (χ4v) is 2.55. The Bertz CT molecular complexity index is 613. The number of benzene rings is 1. The second-order valence-corrected chi connectivity index (χ2v) is 5.14. The minimum atomic E-state index is 0.336. The van der Waals surface area contributed by atoms with E-state index in [0.717, 1.165) is 12.2 Å². The first kappa shape index (κ1) is 12.3. The topological polar surface area (TPSA) is 48.1 Å². The predicted molar refractivity (Wildman–Crippen MR) is 76.5 cm³/mol. The van der Waals surface area contributed by atoms with Crippen molar-refractivity contribution in [1.82, 2.24) is 4.98 Å². The van der Waals surface area contributed by atoms with Crippen LogP contribution in [-0.2, 0) is 19.4 Å². The van der Waals surface area contributed by atoms with Gasteiger partial charge in [0.05, 0.1) is 10.7 Å². The second-order valence-electron chi connectivity index (χ2n) is 4.74. The van der Waals surface area contributed by atoms with Gasteiger partial charge in [-0.15, -0.1) is 0 Å². The van der Waals surface area contributed by atoms with Gasteiger partial charge in [0, 0.05) is 0 Å². The maximum absolute atomic E-state index is 6.06. The summed E-state index contributed by atoms with van der Waals surface area (Å²) in [5.41, 5.74) is 9.14. The quantitative estimate of drug-likeness (QED) is 0.933. The number of pyridine rings is 1. The van der Waals surface area contributed by atoms with Gasteiger partial charge in [0.15, 0.2) is 0 Å². The highest BCUT2D eigenvalue weighted by Crippen LogP contribution is 2.27.